The lowest BCUT2D eigenvalue weighted by Crippen LogP contribution is -2.54. The summed E-state index contributed by atoms with van der Waals surface area (Å²) >= 11 is 0. The van der Waals surface area contributed by atoms with E-state index in [1.807, 2.05) is 0 Å². The van der Waals surface area contributed by atoms with E-state index in [1.54, 1.807) is 0 Å². The van der Waals surface area contributed by atoms with Crippen molar-refractivity contribution >= 4 is 0 Å². The average Bonchev–Trinajstić information content (AvgIpc) is 2.62. The molecule has 0 saturated heterocycles. The van der Waals surface area contributed by atoms with Crippen molar-refractivity contribution in [1.29, 1.82) is 0 Å². The molecule has 0 aromatic rings. The summed E-state index contributed by atoms with van der Waals surface area (Å²) < 4.78 is 0. The minimum absolute atomic E-state index is 0.332. The molecular weight excluding hydrogens is 360 g/mol. The lowest BCUT2D eigenvalue weighted by atomic mass is 9.43. The standard InChI is InChI=1S/C30H60/c1-15-24(8)30(14)20-28(12,19-21(3)4)29(13,16-2)25(9)17-23(7)18-26(22(5)6)27(30,10)11/h21-26H,15-20H2,1-14H3. The summed E-state index contributed by atoms with van der Waals surface area (Å²) in [5.41, 5.74) is 1.43. The summed E-state index contributed by atoms with van der Waals surface area (Å²) in [6, 6.07) is 0. The summed E-state index contributed by atoms with van der Waals surface area (Å²) in [4.78, 5) is 0. The topological polar surface area (TPSA) is 0 Å². The maximum atomic E-state index is 2.70. The van der Waals surface area contributed by atoms with Gasteiger partial charge in [-0.1, -0.05) is 103 Å². The molecule has 180 valence electrons. The highest BCUT2D eigenvalue weighted by Gasteiger charge is 2.57. The summed E-state index contributed by atoms with van der Waals surface area (Å²) in [7, 11) is 0. The van der Waals surface area contributed by atoms with Crippen molar-refractivity contribution in [3.8, 4) is 0 Å². The summed E-state index contributed by atoms with van der Waals surface area (Å²) in [5, 5.41) is 0. The highest BCUT2D eigenvalue weighted by Crippen LogP contribution is 2.65. The van der Waals surface area contributed by atoms with E-state index in [0.29, 0.717) is 21.7 Å². The van der Waals surface area contributed by atoms with Gasteiger partial charge >= 0.3 is 0 Å². The fourth-order valence-electron chi connectivity index (χ4n) is 8.29. The molecule has 0 heterocycles. The van der Waals surface area contributed by atoms with Crippen LogP contribution < -0.4 is 0 Å². The minimum atomic E-state index is 0.332. The van der Waals surface area contributed by atoms with Crippen LogP contribution in [0.2, 0.25) is 0 Å². The van der Waals surface area contributed by atoms with Crippen molar-refractivity contribution in [1.82, 2.24) is 0 Å². The van der Waals surface area contributed by atoms with Gasteiger partial charge in [-0.15, -0.1) is 0 Å². The van der Waals surface area contributed by atoms with Gasteiger partial charge in [0.15, 0.2) is 0 Å². The zero-order chi connectivity index (χ0) is 23.7. The highest BCUT2D eigenvalue weighted by atomic mass is 14.6. The molecule has 7 unspecified atom stereocenters. The zero-order valence-corrected chi connectivity index (χ0v) is 23.7. The molecule has 0 spiro atoms. The summed E-state index contributed by atoms with van der Waals surface area (Å²) in [6.45, 7) is 35.9. The molecule has 1 aliphatic carbocycles. The zero-order valence-electron chi connectivity index (χ0n) is 23.7. The van der Waals surface area contributed by atoms with Crippen LogP contribution in [0.3, 0.4) is 0 Å². The first-order valence-electron chi connectivity index (χ1n) is 13.5. The van der Waals surface area contributed by atoms with E-state index >= 15 is 0 Å². The molecule has 0 aromatic heterocycles. The SMILES string of the molecule is CCC(C)C1(C)CC(C)(CC(C)C)C(C)(CC)C(C)CC(C)CC(C(C)C)C1(C)C. The highest BCUT2D eigenvalue weighted by molar-refractivity contribution is 5.06. The smallest absolute Gasteiger partial charge is 0.0241 e. The van der Waals surface area contributed by atoms with E-state index in [9.17, 15) is 0 Å². The second kappa shape index (κ2) is 9.87. The van der Waals surface area contributed by atoms with Gasteiger partial charge in [0.1, 0.15) is 0 Å². The largest absolute Gasteiger partial charge is 0.0651 e. The second-order valence-corrected chi connectivity index (χ2v) is 13.9. The normalized spacial score (nSPS) is 41.8. The number of rotatable bonds is 6. The van der Waals surface area contributed by atoms with E-state index < -0.39 is 0 Å². The molecule has 0 bridgehead atoms. The van der Waals surface area contributed by atoms with Gasteiger partial charge in [-0.2, -0.15) is 0 Å². The van der Waals surface area contributed by atoms with Crippen molar-refractivity contribution in [2.24, 2.45) is 57.2 Å². The molecule has 0 aliphatic heterocycles. The Hall–Kier alpha value is 0. The monoisotopic (exact) mass is 420 g/mol. The molecule has 1 fully saturated rings. The lowest BCUT2D eigenvalue weighted by Gasteiger charge is -2.62. The first-order valence-corrected chi connectivity index (χ1v) is 13.5. The van der Waals surface area contributed by atoms with E-state index in [1.165, 1.54) is 38.5 Å². The van der Waals surface area contributed by atoms with Gasteiger partial charge in [-0.05, 0) is 89.3 Å². The van der Waals surface area contributed by atoms with Crippen molar-refractivity contribution < 1.29 is 0 Å². The van der Waals surface area contributed by atoms with Crippen LogP contribution in [0.5, 0.6) is 0 Å². The van der Waals surface area contributed by atoms with Crippen molar-refractivity contribution in [3.05, 3.63) is 0 Å². The first kappa shape index (κ1) is 28.0. The van der Waals surface area contributed by atoms with Crippen molar-refractivity contribution in [3.63, 3.8) is 0 Å². The molecule has 1 saturated carbocycles. The Morgan fingerprint density at radius 3 is 1.77 bits per heavy atom. The Balaban J connectivity index is 3.82. The molecule has 0 radical (unpaired) electrons. The Bertz CT molecular complexity index is 528. The van der Waals surface area contributed by atoms with Gasteiger partial charge in [0, 0.05) is 0 Å². The lowest BCUT2D eigenvalue weighted by molar-refractivity contribution is -0.131. The molecule has 1 rings (SSSR count). The van der Waals surface area contributed by atoms with Gasteiger partial charge in [-0.3, -0.25) is 0 Å². The first-order chi connectivity index (χ1) is 13.5. The Labute approximate surface area is 192 Å². The Morgan fingerprint density at radius 1 is 0.833 bits per heavy atom. The van der Waals surface area contributed by atoms with Gasteiger partial charge in [0.25, 0.3) is 0 Å². The van der Waals surface area contributed by atoms with E-state index in [0.717, 1.165) is 35.5 Å². The molecule has 0 amide bonds. The summed E-state index contributed by atoms with van der Waals surface area (Å²) in [5.74, 6) is 4.60. The molecule has 0 N–H and O–H groups in total. The van der Waals surface area contributed by atoms with Crippen LogP contribution >= 0.6 is 0 Å². The predicted molar refractivity (Wildman–Crippen MR) is 138 cm³/mol. The van der Waals surface area contributed by atoms with Crippen LogP contribution in [0.4, 0.5) is 0 Å². The van der Waals surface area contributed by atoms with Crippen LogP contribution in [-0.4, -0.2) is 0 Å². The minimum Gasteiger partial charge on any atom is -0.0651 e. The Kier molecular flexibility index (Phi) is 9.22. The van der Waals surface area contributed by atoms with Gasteiger partial charge in [0.2, 0.25) is 0 Å². The molecule has 30 heavy (non-hydrogen) atoms. The maximum Gasteiger partial charge on any atom is -0.0241 e. The Morgan fingerprint density at radius 2 is 1.37 bits per heavy atom. The van der Waals surface area contributed by atoms with Gasteiger partial charge < -0.3 is 0 Å². The third-order valence-electron chi connectivity index (χ3n) is 11.1. The fraction of sp³-hybridized carbons (Fsp3) is 1.00. The van der Waals surface area contributed by atoms with Crippen molar-refractivity contribution in [2.45, 2.75) is 135 Å². The fourth-order valence-corrected chi connectivity index (χ4v) is 8.29. The van der Waals surface area contributed by atoms with Gasteiger partial charge in [0.05, 0.1) is 0 Å². The molecule has 7 atom stereocenters. The summed E-state index contributed by atoms with van der Waals surface area (Å²) in [6.07, 6.45) is 8.08. The average molecular weight is 421 g/mol. The van der Waals surface area contributed by atoms with E-state index in [2.05, 4.69) is 96.9 Å². The van der Waals surface area contributed by atoms with Crippen LogP contribution in [0.25, 0.3) is 0 Å². The molecule has 0 aromatic carbocycles. The third kappa shape index (κ3) is 4.98. The van der Waals surface area contributed by atoms with E-state index in [-0.39, 0.29) is 0 Å². The van der Waals surface area contributed by atoms with Crippen LogP contribution in [0.1, 0.15) is 135 Å². The van der Waals surface area contributed by atoms with Crippen molar-refractivity contribution in [2.75, 3.05) is 0 Å². The van der Waals surface area contributed by atoms with Crippen LogP contribution in [0, 0.1) is 57.2 Å². The second-order valence-electron chi connectivity index (χ2n) is 13.9. The molecule has 1 aliphatic rings. The molecule has 0 heteroatoms. The predicted octanol–water partition coefficient (Wildman–Crippen LogP) is 10.3. The number of hydrogen-bond donors (Lipinski definition) is 0. The van der Waals surface area contributed by atoms with Gasteiger partial charge in [-0.25, -0.2) is 0 Å². The third-order valence-corrected chi connectivity index (χ3v) is 11.1. The number of hydrogen-bond acceptors (Lipinski definition) is 0. The molecule has 0 nitrogen and oxygen atoms in total. The molecular formula is C30H60. The maximum absolute atomic E-state index is 2.70. The van der Waals surface area contributed by atoms with E-state index in [4.69, 9.17) is 0 Å². The van der Waals surface area contributed by atoms with Crippen LogP contribution in [0.15, 0.2) is 0 Å². The van der Waals surface area contributed by atoms with Crippen LogP contribution in [-0.2, 0) is 0 Å². The quantitative estimate of drug-likeness (QED) is 0.401.